The Bertz CT molecular complexity index is 579. The number of likely N-dealkylation sites (N-methyl/N-ethyl adjacent to an activating group) is 1. The molecule has 0 aromatic carbocycles. The lowest BCUT2D eigenvalue weighted by atomic mass is 10.1. The smallest absolute Gasteiger partial charge is 0.0912 e. The van der Waals surface area contributed by atoms with Gasteiger partial charge in [0.1, 0.15) is 0 Å². The first-order valence-corrected chi connectivity index (χ1v) is 6.92. The predicted octanol–water partition coefficient (Wildman–Crippen LogP) is 1.85. The number of nitrogens with two attached hydrogens (primary N) is 1. The van der Waals surface area contributed by atoms with Crippen LogP contribution in [0.25, 0.3) is 0 Å². The fourth-order valence-corrected chi connectivity index (χ4v) is 2.29. The number of hydrogen-bond donors (Lipinski definition) is 1. The third-order valence-electron chi connectivity index (χ3n) is 3.12. The van der Waals surface area contributed by atoms with E-state index < -0.39 is 0 Å². The zero-order valence-electron chi connectivity index (χ0n) is 12.0. The van der Waals surface area contributed by atoms with Crippen molar-refractivity contribution in [2.75, 3.05) is 20.6 Å². The first-order valence-electron chi connectivity index (χ1n) is 6.54. The lowest BCUT2D eigenvalue weighted by molar-refractivity contribution is 0.368. The normalized spacial score (nSPS) is 12.9. The average Bonchev–Trinajstić information content (AvgIpc) is 2.76. The summed E-state index contributed by atoms with van der Waals surface area (Å²) in [6.45, 7) is 3.56. The molecule has 108 valence electrons. The van der Waals surface area contributed by atoms with E-state index in [2.05, 4.69) is 15.0 Å². The summed E-state index contributed by atoms with van der Waals surface area (Å²) < 4.78 is 1.86. The Morgan fingerprint density at radius 1 is 1.40 bits per heavy atom. The van der Waals surface area contributed by atoms with Crippen LogP contribution in [0.15, 0.2) is 24.4 Å². The molecule has 2 heterocycles. The van der Waals surface area contributed by atoms with Crippen molar-refractivity contribution in [1.82, 2.24) is 19.7 Å². The van der Waals surface area contributed by atoms with E-state index in [1.807, 2.05) is 43.9 Å². The lowest BCUT2D eigenvalue weighted by Crippen LogP contribution is -2.24. The second-order valence-electron chi connectivity index (χ2n) is 5.09. The second kappa shape index (κ2) is 6.35. The molecule has 20 heavy (non-hydrogen) atoms. The molecule has 0 aliphatic heterocycles. The van der Waals surface area contributed by atoms with Gasteiger partial charge in [-0.1, -0.05) is 17.7 Å². The Morgan fingerprint density at radius 2 is 2.15 bits per heavy atom. The highest BCUT2D eigenvalue weighted by atomic mass is 35.5. The third kappa shape index (κ3) is 3.36. The number of aromatic nitrogens is 3. The highest BCUT2D eigenvalue weighted by Gasteiger charge is 2.19. The molecule has 2 aromatic rings. The highest BCUT2D eigenvalue weighted by Crippen LogP contribution is 2.25. The van der Waals surface area contributed by atoms with Crippen molar-refractivity contribution in [2.45, 2.75) is 19.5 Å². The molecule has 6 heteroatoms. The van der Waals surface area contributed by atoms with Gasteiger partial charge in [0.05, 0.1) is 35.2 Å². The fourth-order valence-electron chi connectivity index (χ4n) is 2.03. The van der Waals surface area contributed by atoms with Crippen LogP contribution in [0.2, 0.25) is 5.02 Å². The molecule has 0 amide bonds. The zero-order chi connectivity index (χ0) is 14.7. The summed E-state index contributed by atoms with van der Waals surface area (Å²) in [5.41, 5.74) is 8.87. The number of hydrogen-bond acceptors (Lipinski definition) is 4. The highest BCUT2D eigenvalue weighted by molar-refractivity contribution is 6.31. The summed E-state index contributed by atoms with van der Waals surface area (Å²) in [6, 6.07) is 5.44. The van der Waals surface area contributed by atoms with Gasteiger partial charge in [-0.25, -0.2) is 0 Å². The Morgan fingerprint density at radius 3 is 2.80 bits per heavy atom. The molecular weight excluding hydrogens is 274 g/mol. The first-order chi connectivity index (χ1) is 9.49. The number of pyridine rings is 1. The molecule has 5 nitrogen and oxygen atoms in total. The molecular formula is C14H20ClN5. The van der Waals surface area contributed by atoms with Gasteiger partial charge < -0.3 is 10.6 Å². The summed E-state index contributed by atoms with van der Waals surface area (Å²) in [7, 11) is 4.04. The van der Waals surface area contributed by atoms with E-state index in [9.17, 15) is 0 Å². The van der Waals surface area contributed by atoms with Crippen molar-refractivity contribution in [3.8, 4) is 0 Å². The van der Waals surface area contributed by atoms with Crippen LogP contribution in [0, 0.1) is 6.92 Å². The maximum absolute atomic E-state index is 6.32. The molecule has 2 rings (SSSR count). The van der Waals surface area contributed by atoms with E-state index in [1.165, 1.54) is 0 Å². The minimum atomic E-state index is -0.368. The Hall–Kier alpha value is -1.43. The summed E-state index contributed by atoms with van der Waals surface area (Å²) in [4.78, 5) is 6.56. The molecule has 1 atom stereocenters. The average molecular weight is 294 g/mol. The van der Waals surface area contributed by atoms with Gasteiger partial charge in [0, 0.05) is 12.2 Å². The minimum Gasteiger partial charge on any atom is -0.318 e. The SMILES string of the molecule is Cc1cccc(C(N)c2c(Cl)cnn2CCN(C)C)n1. The molecule has 0 aliphatic carbocycles. The fraction of sp³-hybridized carbons (Fsp3) is 0.429. The molecule has 0 spiro atoms. The van der Waals surface area contributed by atoms with Crippen LogP contribution < -0.4 is 5.73 Å². The molecule has 0 radical (unpaired) electrons. The maximum atomic E-state index is 6.32. The van der Waals surface area contributed by atoms with Crippen LogP contribution >= 0.6 is 11.6 Å². The molecule has 0 bridgehead atoms. The van der Waals surface area contributed by atoms with E-state index in [0.717, 1.165) is 30.2 Å². The van der Waals surface area contributed by atoms with Gasteiger partial charge >= 0.3 is 0 Å². The van der Waals surface area contributed by atoms with E-state index in [4.69, 9.17) is 17.3 Å². The van der Waals surface area contributed by atoms with Gasteiger partial charge in [-0.05, 0) is 33.2 Å². The molecule has 2 aromatic heterocycles. The maximum Gasteiger partial charge on any atom is 0.0912 e. The zero-order valence-corrected chi connectivity index (χ0v) is 12.8. The number of aryl methyl sites for hydroxylation is 1. The topological polar surface area (TPSA) is 60.0 Å². The lowest BCUT2D eigenvalue weighted by Gasteiger charge is -2.16. The monoisotopic (exact) mass is 293 g/mol. The molecule has 0 saturated carbocycles. The van der Waals surface area contributed by atoms with Crippen LogP contribution in [-0.2, 0) is 6.54 Å². The quantitative estimate of drug-likeness (QED) is 0.914. The van der Waals surface area contributed by atoms with Gasteiger partial charge in [-0.2, -0.15) is 5.10 Å². The van der Waals surface area contributed by atoms with Gasteiger partial charge in [0.2, 0.25) is 0 Å². The van der Waals surface area contributed by atoms with E-state index in [1.54, 1.807) is 6.20 Å². The summed E-state index contributed by atoms with van der Waals surface area (Å²) in [5.74, 6) is 0. The molecule has 2 N–H and O–H groups in total. The van der Waals surface area contributed by atoms with Crippen molar-refractivity contribution in [3.05, 3.63) is 46.5 Å². The van der Waals surface area contributed by atoms with Gasteiger partial charge in [0.15, 0.2) is 0 Å². The largest absolute Gasteiger partial charge is 0.318 e. The summed E-state index contributed by atoms with van der Waals surface area (Å²) in [6.07, 6.45) is 1.64. The summed E-state index contributed by atoms with van der Waals surface area (Å²) >= 11 is 6.24. The number of rotatable bonds is 5. The van der Waals surface area contributed by atoms with E-state index in [-0.39, 0.29) is 6.04 Å². The van der Waals surface area contributed by atoms with Crippen LogP contribution in [0.5, 0.6) is 0 Å². The molecule has 0 saturated heterocycles. The molecule has 0 aliphatic rings. The van der Waals surface area contributed by atoms with Crippen LogP contribution in [-0.4, -0.2) is 40.3 Å². The Balaban J connectivity index is 2.29. The first kappa shape index (κ1) is 15.0. The predicted molar refractivity (Wildman–Crippen MR) is 80.8 cm³/mol. The van der Waals surface area contributed by atoms with E-state index >= 15 is 0 Å². The van der Waals surface area contributed by atoms with Crippen LogP contribution in [0.3, 0.4) is 0 Å². The van der Waals surface area contributed by atoms with Crippen molar-refractivity contribution < 1.29 is 0 Å². The van der Waals surface area contributed by atoms with Gasteiger partial charge in [-0.15, -0.1) is 0 Å². The van der Waals surface area contributed by atoms with Gasteiger partial charge in [-0.3, -0.25) is 9.67 Å². The number of halogens is 1. The second-order valence-corrected chi connectivity index (χ2v) is 5.49. The standard InChI is InChI=1S/C14H20ClN5/c1-10-5-4-6-12(18-10)13(16)14-11(15)9-17-20(14)8-7-19(2)3/h4-6,9,13H,7-8,16H2,1-3H3. The Labute approximate surface area is 124 Å². The molecule has 0 fully saturated rings. The van der Waals surface area contributed by atoms with Crippen LogP contribution in [0.1, 0.15) is 23.1 Å². The summed E-state index contributed by atoms with van der Waals surface area (Å²) in [5, 5.41) is 4.89. The Kier molecular flexibility index (Phi) is 4.75. The van der Waals surface area contributed by atoms with Crippen molar-refractivity contribution in [3.63, 3.8) is 0 Å². The van der Waals surface area contributed by atoms with E-state index in [0.29, 0.717) is 5.02 Å². The van der Waals surface area contributed by atoms with Crippen molar-refractivity contribution >= 4 is 11.6 Å². The van der Waals surface area contributed by atoms with Crippen LogP contribution in [0.4, 0.5) is 0 Å². The third-order valence-corrected chi connectivity index (χ3v) is 3.41. The van der Waals surface area contributed by atoms with Crippen molar-refractivity contribution in [1.29, 1.82) is 0 Å². The number of nitrogens with zero attached hydrogens (tertiary/aromatic N) is 4. The van der Waals surface area contributed by atoms with Crippen molar-refractivity contribution in [2.24, 2.45) is 5.73 Å². The molecule has 1 unspecified atom stereocenters. The van der Waals surface area contributed by atoms with Gasteiger partial charge in [0.25, 0.3) is 0 Å². The minimum absolute atomic E-state index is 0.368.